The second kappa shape index (κ2) is 4.97. The molecule has 1 unspecified atom stereocenters. The van der Waals surface area contributed by atoms with Gasteiger partial charge in [0.2, 0.25) is 0 Å². The van der Waals surface area contributed by atoms with Gasteiger partial charge in [-0.05, 0) is 24.3 Å². The van der Waals surface area contributed by atoms with Crippen LogP contribution in [-0.2, 0) is 0 Å². The van der Waals surface area contributed by atoms with Crippen molar-refractivity contribution in [3.8, 4) is 0 Å². The van der Waals surface area contributed by atoms with Crippen LogP contribution in [0.2, 0.25) is 5.02 Å². The molecule has 0 saturated carbocycles. The Hall–Kier alpha value is -1.95. The van der Waals surface area contributed by atoms with Gasteiger partial charge in [0.15, 0.2) is 0 Å². The number of hydrogen-bond acceptors (Lipinski definition) is 5. The normalized spacial score (nSPS) is 12.7. The number of benzene rings is 1. The maximum atomic E-state index is 5.95. The first-order valence-corrected chi connectivity index (χ1v) is 6.07. The molecule has 5 nitrogen and oxygen atoms in total. The molecule has 0 aliphatic carbocycles. The SMILES string of the molecule is NNC(c1cnccn1)c1cc2cc(Cl)ccc2o1. The van der Waals surface area contributed by atoms with Crippen molar-refractivity contribution < 1.29 is 4.42 Å². The van der Waals surface area contributed by atoms with Gasteiger partial charge in [0.1, 0.15) is 17.4 Å². The largest absolute Gasteiger partial charge is 0.459 e. The van der Waals surface area contributed by atoms with Crippen molar-refractivity contribution in [3.05, 3.63) is 59.3 Å². The van der Waals surface area contributed by atoms with Crippen LogP contribution in [0.15, 0.2) is 47.3 Å². The van der Waals surface area contributed by atoms with Gasteiger partial charge in [-0.1, -0.05) is 11.6 Å². The van der Waals surface area contributed by atoms with E-state index < -0.39 is 0 Å². The number of furan rings is 1. The highest BCUT2D eigenvalue weighted by Crippen LogP contribution is 2.28. The zero-order valence-corrected chi connectivity index (χ0v) is 10.6. The standard InChI is InChI=1S/C13H11ClN4O/c14-9-1-2-11-8(5-9)6-12(19-11)13(18-15)10-7-16-3-4-17-10/h1-7,13,18H,15H2. The fraction of sp³-hybridized carbons (Fsp3) is 0.0769. The van der Waals surface area contributed by atoms with Gasteiger partial charge in [0.25, 0.3) is 0 Å². The van der Waals surface area contributed by atoms with Crippen LogP contribution in [0.1, 0.15) is 17.5 Å². The fourth-order valence-electron chi connectivity index (χ4n) is 1.95. The summed E-state index contributed by atoms with van der Waals surface area (Å²) in [4.78, 5) is 8.25. The molecule has 0 amide bonds. The highest BCUT2D eigenvalue weighted by atomic mass is 35.5. The lowest BCUT2D eigenvalue weighted by Crippen LogP contribution is -2.29. The van der Waals surface area contributed by atoms with E-state index in [2.05, 4.69) is 15.4 Å². The van der Waals surface area contributed by atoms with E-state index in [1.54, 1.807) is 24.7 Å². The summed E-state index contributed by atoms with van der Waals surface area (Å²) in [5.74, 6) is 6.25. The zero-order valence-electron chi connectivity index (χ0n) is 9.88. The molecule has 2 heterocycles. The molecule has 1 aromatic carbocycles. The Morgan fingerprint density at radius 2 is 2.16 bits per heavy atom. The van der Waals surface area contributed by atoms with Crippen LogP contribution in [0.5, 0.6) is 0 Å². The van der Waals surface area contributed by atoms with Crippen LogP contribution < -0.4 is 11.3 Å². The molecule has 1 atom stereocenters. The summed E-state index contributed by atoms with van der Waals surface area (Å²) in [7, 11) is 0. The summed E-state index contributed by atoms with van der Waals surface area (Å²) in [6.07, 6.45) is 4.86. The summed E-state index contributed by atoms with van der Waals surface area (Å²) in [6.45, 7) is 0. The van der Waals surface area contributed by atoms with Crippen molar-refractivity contribution in [3.63, 3.8) is 0 Å². The summed E-state index contributed by atoms with van der Waals surface area (Å²) in [6, 6.07) is 6.99. The molecular formula is C13H11ClN4O. The van der Waals surface area contributed by atoms with Crippen molar-refractivity contribution in [1.29, 1.82) is 0 Å². The molecule has 0 aliphatic rings. The van der Waals surface area contributed by atoms with E-state index in [0.29, 0.717) is 16.5 Å². The van der Waals surface area contributed by atoms with Gasteiger partial charge in [-0.25, -0.2) is 5.43 Å². The molecule has 0 spiro atoms. The number of hydrazine groups is 1. The van der Waals surface area contributed by atoms with Crippen molar-refractivity contribution in [1.82, 2.24) is 15.4 Å². The average molecular weight is 275 g/mol. The van der Waals surface area contributed by atoms with E-state index in [4.69, 9.17) is 21.9 Å². The van der Waals surface area contributed by atoms with Crippen molar-refractivity contribution in [2.75, 3.05) is 0 Å². The first-order chi connectivity index (χ1) is 9.28. The number of aromatic nitrogens is 2. The topological polar surface area (TPSA) is 77.0 Å². The van der Waals surface area contributed by atoms with E-state index in [1.165, 1.54) is 0 Å². The maximum Gasteiger partial charge on any atom is 0.134 e. The summed E-state index contributed by atoms with van der Waals surface area (Å²) < 4.78 is 5.76. The van der Waals surface area contributed by atoms with Gasteiger partial charge in [-0.2, -0.15) is 0 Å². The van der Waals surface area contributed by atoms with Gasteiger partial charge in [0.05, 0.1) is 11.9 Å². The second-order valence-electron chi connectivity index (χ2n) is 4.06. The minimum absolute atomic E-state index is 0.347. The van der Waals surface area contributed by atoms with Crippen LogP contribution in [-0.4, -0.2) is 9.97 Å². The highest BCUT2D eigenvalue weighted by molar-refractivity contribution is 6.31. The third kappa shape index (κ3) is 2.31. The third-order valence-corrected chi connectivity index (χ3v) is 3.06. The number of halogens is 1. The molecule has 3 rings (SSSR count). The predicted molar refractivity (Wildman–Crippen MR) is 72.4 cm³/mol. The van der Waals surface area contributed by atoms with E-state index in [9.17, 15) is 0 Å². The van der Waals surface area contributed by atoms with Crippen molar-refractivity contribution in [2.24, 2.45) is 5.84 Å². The monoisotopic (exact) mass is 274 g/mol. The third-order valence-electron chi connectivity index (χ3n) is 2.83. The number of nitrogens with two attached hydrogens (primary N) is 1. The zero-order chi connectivity index (χ0) is 13.2. The molecule has 3 N–H and O–H groups in total. The molecule has 0 radical (unpaired) electrons. The quantitative estimate of drug-likeness (QED) is 0.567. The van der Waals surface area contributed by atoms with Gasteiger partial charge in [-0.3, -0.25) is 15.8 Å². The second-order valence-corrected chi connectivity index (χ2v) is 4.50. The summed E-state index contributed by atoms with van der Waals surface area (Å²) in [5, 5.41) is 1.59. The number of hydrogen-bond donors (Lipinski definition) is 2. The Morgan fingerprint density at radius 1 is 1.26 bits per heavy atom. The lowest BCUT2D eigenvalue weighted by molar-refractivity contribution is 0.470. The Morgan fingerprint density at radius 3 is 2.89 bits per heavy atom. The van der Waals surface area contributed by atoms with Crippen LogP contribution in [0.4, 0.5) is 0 Å². The van der Waals surface area contributed by atoms with Gasteiger partial charge in [-0.15, -0.1) is 0 Å². The van der Waals surface area contributed by atoms with E-state index in [0.717, 1.165) is 11.0 Å². The summed E-state index contributed by atoms with van der Waals surface area (Å²) >= 11 is 5.95. The Balaban J connectivity index is 2.07. The van der Waals surface area contributed by atoms with E-state index >= 15 is 0 Å². The van der Waals surface area contributed by atoms with Gasteiger partial charge < -0.3 is 4.42 Å². The molecule has 19 heavy (non-hydrogen) atoms. The highest BCUT2D eigenvalue weighted by Gasteiger charge is 2.18. The smallest absolute Gasteiger partial charge is 0.134 e. The first kappa shape index (κ1) is 12.1. The fourth-order valence-corrected chi connectivity index (χ4v) is 2.13. The number of nitrogens with zero attached hydrogens (tertiary/aromatic N) is 2. The summed E-state index contributed by atoms with van der Waals surface area (Å²) in [5.41, 5.74) is 4.12. The molecule has 96 valence electrons. The van der Waals surface area contributed by atoms with Gasteiger partial charge in [0, 0.05) is 22.8 Å². The number of rotatable bonds is 3. The molecule has 0 fully saturated rings. The lowest BCUT2D eigenvalue weighted by atomic mass is 10.1. The van der Waals surface area contributed by atoms with E-state index in [-0.39, 0.29) is 6.04 Å². The van der Waals surface area contributed by atoms with Crippen LogP contribution >= 0.6 is 11.6 Å². The Bertz CT molecular complexity index is 698. The van der Waals surface area contributed by atoms with Crippen LogP contribution in [0.3, 0.4) is 0 Å². The first-order valence-electron chi connectivity index (χ1n) is 5.69. The van der Waals surface area contributed by atoms with Crippen LogP contribution in [0.25, 0.3) is 11.0 Å². The number of fused-ring (bicyclic) bond motifs is 1. The predicted octanol–water partition coefficient (Wildman–Crippen LogP) is 2.43. The van der Waals surface area contributed by atoms with Gasteiger partial charge >= 0.3 is 0 Å². The molecule has 6 heteroatoms. The van der Waals surface area contributed by atoms with Crippen molar-refractivity contribution >= 4 is 22.6 Å². The van der Waals surface area contributed by atoms with Crippen molar-refractivity contribution in [2.45, 2.75) is 6.04 Å². The Labute approximate surface area is 114 Å². The molecule has 2 aromatic heterocycles. The molecular weight excluding hydrogens is 264 g/mol. The minimum Gasteiger partial charge on any atom is -0.459 e. The van der Waals surface area contributed by atoms with E-state index in [1.807, 2.05) is 18.2 Å². The Kier molecular flexibility index (Phi) is 3.16. The lowest BCUT2D eigenvalue weighted by Gasteiger charge is -2.11. The molecule has 0 saturated heterocycles. The molecule has 0 aliphatic heterocycles. The maximum absolute atomic E-state index is 5.95. The molecule has 0 bridgehead atoms. The molecule has 3 aromatic rings. The van der Waals surface area contributed by atoms with Crippen LogP contribution in [0, 0.1) is 0 Å². The average Bonchev–Trinajstić information content (AvgIpc) is 2.83. The minimum atomic E-state index is -0.347. The number of nitrogens with one attached hydrogen (secondary N) is 1.